The van der Waals surface area contributed by atoms with Crippen molar-refractivity contribution >= 4 is 0 Å². The maximum Gasteiger partial charge on any atom is 0.0512 e. The molecule has 0 aliphatic rings. The summed E-state index contributed by atoms with van der Waals surface area (Å²) in [4.78, 5) is 0. The van der Waals surface area contributed by atoms with Crippen molar-refractivity contribution < 1.29 is 5.11 Å². The zero-order valence-electron chi connectivity index (χ0n) is 12.7. The van der Waals surface area contributed by atoms with Gasteiger partial charge in [0.05, 0.1) is 6.10 Å². The van der Waals surface area contributed by atoms with Crippen LogP contribution in [0, 0.1) is 17.8 Å². The third kappa shape index (κ3) is 7.08. The smallest absolute Gasteiger partial charge is 0.0512 e. The number of rotatable bonds is 10. The lowest BCUT2D eigenvalue weighted by molar-refractivity contribution is 0.174. The van der Waals surface area contributed by atoms with Crippen LogP contribution in [0.5, 0.6) is 0 Å². The number of unbranched alkanes of at least 4 members (excludes halogenated alkanes) is 1. The molecule has 0 aliphatic heterocycles. The molecule has 1 N–H and O–H groups in total. The van der Waals surface area contributed by atoms with E-state index in [1.807, 2.05) is 6.92 Å². The molecule has 0 saturated carbocycles. The van der Waals surface area contributed by atoms with Gasteiger partial charge in [-0.15, -0.1) is 0 Å². The van der Waals surface area contributed by atoms with E-state index in [-0.39, 0.29) is 6.10 Å². The highest BCUT2D eigenvalue weighted by molar-refractivity contribution is 4.72. The third-order valence-corrected chi connectivity index (χ3v) is 4.39. The van der Waals surface area contributed by atoms with Gasteiger partial charge in [0.1, 0.15) is 0 Å². The average Bonchev–Trinajstić information content (AvgIpc) is 2.30. The van der Waals surface area contributed by atoms with Crippen molar-refractivity contribution in [3.05, 3.63) is 0 Å². The minimum Gasteiger partial charge on any atom is -0.393 e. The van der Waals surface area contributed by atoms with Gasteiger partial charge in [-0.05, 0) is 31.1 Å². The van der Waals surface area contributed by atoms with Gasteiger partial charge in [0.15, 0.2) is 0 Å². The molecule has 3 atom stereocenters. The topological polar surface area (TPSA) is 20.2 Å². The molecule has 2 unspecified atom stereocenters. The van der Waals surface area contributed by atoms with E-state index in [0.29, 0.717) is 0 Å². The summed E-state index contributed by atoms with van der Waals surface area (Å²) in [6.07, 6.45) is 8.62. The summed E-state index contributed by atoms with van der Waals surface area (Å²) in [7, 11) is 0. The van der Waals surface area contributed by atoms with Crippen molar-refractivity contribution in [3.63, 3.8) is 0 Å². The van der Waals surface area contributed by atoms with Crippen molar-refractivity contribution in [3.8, 4) is 0 Å². The number of aliphatic hydroxyl groups excluding tert-OH is 1. The fourth-order valence-corrected chi connectivity index (χ4v) is 3.21. The minimum atomic E-state index is -0.119. The van der Waals surface area contributed by atoms with Crippen LogP contribution in [-0.2, 0) is 0 Å². The summed E-state index contributed by atoms with van der Waals surface area (Å²) in [6, 6.07) is 0. The Hall–Kier alpha value is -0.0400. The van der Waals surface area contributed by atoms with Crippen LogP contribution in [-0.4, -0.2) is 11.2 Å². The zero-order chi connectivity index (χ0) is 13.3. The van der Waals surface area contributed by atoms with E-state index in [1.54, 1.807) is 0 Å². The van der Waals surface area contributed by atoms with Crippen LogP contribution >= 0.6 is 0 Å². The number of aliphatic hydroxyl groups is 1. The van der Waals surface area contributed by atoms with Gasteiger partial charge in [-0.3, -0.25) is 0 Å². The summed E-state index contributed by atoms with van der Waals surface area (Å²) in [6.45, 7) is 11.3. The van der Waals surface area contributed by atoms with Gasteiger partial charge in [0.25, 0.3) is 0 Å². The molecule has 0 spiro atoms. The quantitative estimate of drug-likeness (QED) is 0.533. The normalized spacial score (nSPS) is 17.1. The highest BCUT2D eigenvalue weighted by Gasteiger charge is 2.22. The SMILES string of the molecule is CCC(CC)[C@H](CC)C(C)CCCCC(C)O. The Balaban J connectivity index is 3.94. The van der Waals surface area contributed by atoms with Crippen molar-refractivity contribution in [2.45, 2.75) is 85.7 Å². The van der Waals surface area contributed by atoms with Crippen molar-refractivity contribution in [2.75, 3.05) is 0 Å². The van der Waals surface area contributed by atoms with Gasteiger partial charge in [0, 0.05) is 0 Å². The summed E-state index contributed by atoms with van der Waals surface area (Å²) in [5.74, 6) is 2.65. The molecule has 17 heavy (non-hydrogen) atoms. The van der Waals surface area contributed by atoms with Crippen LogP contribution in [0.1, 0.15) is 79.6 Å². The van der Waals surface area contributed by atoms with E-state index in [2.05, 4.69) is 27.7 Å². The molecule has 0 saturated heterocycles. The van der Waals surface area contributed by atoms with Gasteiger partial charge in [-0.1, -0.05) is 66.2 Å². The summed E-state index contributed by atoms with van der Waals surface area (Å²) in [5.41, 5.74) is 0. The fourth-order valence-electron chi connectivity index (χ4n) is 3.21. The van der Waals surface area contributed by atoms with E-state index < -0.39 is 0 Å². The van der Waals surface area contributed by atoms with E-state index in [1.165, 1.54) is 38.5 Å². The molecule has 0 bridgehead atoms. The first kappa shape index (κ1) is 17.0. The van der Waals surface area contributed by atoms with Crippen LogP contribution in [0.15, 0.2) is 0 Å². The Bertz CT molecular complexity index is 161. The predicted molar refractivity (Wildman–Crippen MR) is 77.2 cm³/mol. The lowest BCUT2D eigenvalue weighted by Crippen LogP contribution is -2.20. The van der Waals surface area contributed by atoms with Crippen LogP contribution in [0.3, 0.4) is 0 Å². The maximum atomic E-state index is 9.24. The lowest BCUT2D eigenvalue weighted by atomic mass is 9.76. The molecule has 1 heteroatoms. The number of hydrogen-bond acceptors (Lipinski definition) is 1. The average molecular weight is 242 g/mol. The molecule has 0 heterocycles. The van der Waals surface area contributed by atoms with Crippen LogP contribution < -0.4 is 0 Å². The molecule has 1 nitrogen and oxygen atoms in total. The summed E-state index contributed by atoms with van der Waals surface area (Å²) in [5, 5.41) is 9.24. The molecular formula is C16H34O. The van der Waals surface area contributed by atoms with Gasteiger partial charge in [-0.25, -0.2) is 0 Å². The molecule has 0 aromatic carbocycles. The second-order valence-electron chi connectivity index (χ2n) is 5.76. The highest BCUT2D eigenvalue weighted by Crippen LogP contribution is 2.32. The Labute approximate surface area is 109 Å². The predicted octanol–water partition coefficient (Wildman–Crippen LogP) is 5.03. The molecule has 0 aromatic rings. The lowest BCUT2D eigenvalue weighted by Gasteiger charge is -2.30. The maximum absolute atomic E-state index is 9.24. The van der Waals surface area contributed by atoms with Crippen molar-refractivity contribution in [1.29, 1.82) is 0 Å². The Morgan fingerprint density at radius 2 is 1.35 bits per heavy atom. The van der Waals surface area contributed by atoms with Crippen molar-refractivity contribution in [2.24, 2.45) is 17.8 Å². The largest absolute Gasteiger partial charge is 0.393 e. The van der Waals surface area contributed by atoms with E-state index in [9.17, 15) is 5.11 Å². The monoisotopic (exact) mass is 242 g/mol. The van der Waals surface area contributed by atoms with Crippen LogP contribution in [0.2, 0.25) is 0 Å². The van der Waals surface area contributed by atoms with E-state index in [4.69, 9.17) is 0 Å². The van der Waals surface area contributed by atoms with E-state index >= 15 is 0 Å². The Kier molecular flexibility index (Phi) is 9.91. The van der Waals surface area contributed by atoms with E-state index in [0.717, 1.165) is 24.2 Å². The van der Waals surface area contributed by atoms with Gasteiger partial charge >= 0.3 is 0 Å². The second-order valence-corrected chi connectivity index (χ2v) is 5.76. The van der Waals surface area contributed by atoms with Crippen LogP contribution in [0.25, 0.3) is 0 Å². The van der Waals surface area contributed by atoms with Gasteiger partial charge < -0.3 is 5.11 Å². The molecule has 0 aliphatic carbocycles. The molecule has 0 aromatic heterocycles. The fraction of sp³-hybridized carbons (Fsp3) is 1.00. The first-order valence-electron chi connectivity index (χ1n) is 7.74. The first-order valence-corrected chi connectivity index (χ1v) is 7.74. The van der Waals surface area contributed by atoms with Gasteiger partial charge in [-0.2, -0.15) is 0 Å². The highest BCUT2D eigenvalue weighted by atomic mass is 16.3. The molecule has 0 radical (unpaired) electrons. The third-order valence-electron chi connectivity index (χ3n) is 4.39. The first-order chi connectivity index (χ1) is 8.06. The number of hydrogen-bond donors (Lipinski definition) is 1. The summed E-state index contributed by atoms with van der Waals surface area (Å²) < 4.78 is 0. The minimum absolute atomic E-state index is 0.119. The Morgan fingerprint density at radius 3 is 1.76 bits per heavy atom. The second kappa shape index (κ2) is 9.94. The Morgan fingerprint density at radius 1 is 0.824 bits per heavy atom. The van der Waals surface area contributed by atoms with Gasteiger partial charge in [0.2, 0.25) is 0 Å². The van der Waals surface area contributed by atoms with Crippen molar-refractivity contribution in [1.82, 2.24) is 0 Å². The molecular weight excluding hydrogens is 208 g/mol. The molecule has 0 amide bonds. The molecule has 0 rings (SSSR count). The zero-order valence-corrected chi connectivity index (χ0v) is 12.7. The standard InChI is InChI=1S/C16H34O/c1-6-15(7-2)16(8-3)13(4)11-9-10-12-14(5)17/h13-17H,6-12H2,1-5H3/t13?,14?,16-/m1/s1. The molecule has 0 fully saturated rings. The molecule has 104 valence electrons. The summed E-state index contributed by atoms with van der Waals surface area (Å²) >= 11 is 0. The van der Waals surface area contributed by atoms with Crippen LogP contribution in [0.4, 0.5) is 0 Å².